The van der Waals surface area contributed by atoms with Gasteiger partial charge in [0.05, 0.1) is 12.2 Å². The Balaban J connectivity index is 2.34. The summed E-state index contributed by atoms with van der Waals surface area (Å²) < 4.78 is 5.69. The molecule has 0 aromatic carbocycles. The van der Waals surface area contributed by atoms with Crippen molar-refractivity contribution in [3.05, 3.63) is 0 Å². The fourth-order valence-corrected chi connectivity index (χ4v) is 2.00. The Hall–Kier alpha value is -0.370. The van der Waals surface area contributed by atoms with E-state index >= 15 is 0 Å². The first-order valence-corrected chi connectivity index (χ1v) is 5.29. The molecule has 1 aliphatic heterocycles. The molecule has 1 aliphatic rings. The maximum atomic E-state index is 11.2. The second-order valence-electron chi connectivity index (χ2n) is 4.10. The van der Waals surface area contributed by atoms with Crippen LogP contribution in [-0.2, 0) is 9.53 Å². The number of carbonyl (C=O) groups is 1. The van der Waals surface area contributed by atoms with Crippen LogP contribution < -0.4 is 0 Å². The minimum absolute atomic E-state index is 0.218. The Morgan fingerprint density at radius 3 is 2.62 bits per heavy atom. The summed E-state index contributed by atoms with van der Waals surface area (Å²) in [6, 6.07) is 0. The second kappa shape index (κ2) is 4.75. The lowest BCUT2D eigenvalue weighted by molar-refractivity contribution is -0.122. The van der Waals surface area contributed by atoms with Crippen molar-refractivity contribution in [1.29, 1.82) is 0 Å². The van der Waals surface area contributed by atoms with Crippen molar-refractivity contribution in [1.82, 2.24) is 0 Å². The molecule has 1 saturated heterocycles. The first-order chi connectivity index (χ1) is 6.13. The highest BCUT2D eigenvalue weighted by Gasteiger charge is 2.25. The predicted molar refractivity (Wildman–Crippen MR) is 52.6 cm³/mol. The third kappa shape index (κ3) is 3.11. The lowest BCUT2D eigenvalue weighted by atomic mass is 9.94. The molecule has 0 aromatic rings. The first kappa shape index (κ1) is 10.7. The number of Topliss-reactive ketones (excluding diaryl/α,β-unsaturated/α-hetero) is 1. The van der Waals surface area contributed by atoms with Crippen LogP contribution in [0.25, 0.3) is 0 Å². The van der Waals surface area contributed by atoms with Crippen molar-refractivity contribution in [3.8, 4) is 0 Å². The zero-order chi connectivity index (χ0) is 9.84. The molecule has 0 radical (unpaired) electrons. The first-order valence-electron chi connectivity index (χ1n) is 5.29. The van der Waals surface area contributed by atoms with E-state index in [9.17, 15) is 4.79 Å². The molecule has 1 heterocycles. The van der Waals surface area contributed by atoms with Crippen LogP contribution in [0.5, 0.6) is 0 Å². The minimum atomic E-state index is 0.218. The second-order valence-corrected chi connectivity index (χ2v) is 4.10. The SMILES string of the molecule is CCC(CC1CCC(C)O1)C(C)=O. The molecule has 0 spiro atoms. The monoisotopic (exact) mass is 184 g/mol. The van der Waals surface area contributed by atoms with Crippen LogP contribution in [0.2, 0.25) is 0 Å². The molecule has 76 valence electrons. The highest BCUT2D eigenvalue weighted by Crippen LogP contribution is 2.25. The van der Waals surface area contributed by atoms with Gasteiger partial charge in [-0.2, -0.15) is 0 Å². The summed E-state index contributed by atoms with van der Waals surface area (Å²) in [6.45, 7) is 5.87. The van der Waals surface area contributed by atoms with Crippen LogP contribution in [0.3, 0.4) is 0 Å². The highest BCUT2D eigenvalue weighted by atomic mass is 16.5. The molecule has 1 fully saturated rings. The maximum absolute atomic E-state index is 11.2. The van der Waals surface area contributed by atoms with Crippen molar-refractivity contribution in [2.75, 3.05) is 0 Å². The number of hydrogen-bond donors (Lipinski definition) is 0. The average molecular weight is 184 g/mol. The number of ether oxygens (including phenoxy) is 1. The highest BCUT2D eigenvalue weighted by molar-refractivity contribution is 5.78. The fraction of sp³-hybridized carbons (Fsp3) is 0.909. The summed E-state index contributed by atoms with van der Waals surface area (Å²) in [7, 11) is 0. The van der Waals surface area contributed by atoms with Gasteiger partial charge in [-0.3, -0.25) is 4.79 Å². The lowest BCUT2D eigenvalue weighted by Gasteiger charge is -2.16. The van der Waals surface area contributed by atoms with Crippen LogP contribution in [0.1, 0.15) is 46.5 Å². The molecule has 2 nitrogen and oxygen atoms in total. The molecule has 0 aliphatic carbocycles. The van der Waals surface area contributed by atoms with Gasteiger partial charge in [0.1, 0.15) is 5.78 Å². The average Bonchev–Trinajstić information content (AvgIpc) is 2.46. The Labute approximate surface area is 80.7 Å². The van der Waals surface area contributed by atoms with Crippen molar-refractivity contribution >= 4 is 5.78 Å². The van der Waals surface area contributed by atoms with Crippen molar-refractivity contribution in [2.45, 2.75) is 58.7 Å². The zero-order valence-corrected chi connectivity index (χ0v) is 8.88. The van der Waals surface area contributed by atoms with Gasteiger partial charge in [-0.1, -0.05) is 6.92 Å². The third-order valence-corrected chi connectivity index (χ3v) is 2.94. The molecule has 13 heavy (non-hydrogen) atoms. The number of ketones is 1. The summed E-state index contributed by atoms with van der Waals surface area (Å²) in [5.41, 5.74) is 0. The molecule has 0 bridgehead atoms. The van der Waals surface area contributed by atoms with Crippen molar-refractivity contribution in [3.63, 3.8) is 0 Å². The van der Waals surface area contributed by atoms with Gasteiger partial charge in [0.2, 0.25) is 0 Å². The van der Waals surface area contributed by atoms with E-state index in [0.717, 1.165) is 25.7 Å². The standard InChI is InChI=1S/C11H20O2/c1-4-10(9(3)12)7-11-6-5-8(2)13-11/h8,10-11H,4-7H2,1-3H3. The van der Waals surface area contributed by atoms with E-state index in [0.29, 0.717) is 18.0 Å². The predicted octanol–water partition coefficient (Wildman–Crippen LogP) is 2.56. The van der Waals surface area contributed by atoms with Crippen LogP contribution in [0.4, 0.5) is 0 Å². The van der Waals surface area contributed by atoms with Gasteiger partial charge in [-0.15, -0.1) is 0 Å². The van der Waals surface area contributed by atoms with Crippen LogP contribution >= 0.6 is 0 Å². The third-order valence-electron chi connectivity index (χ3n) is 2.94. The van der Waals surface area contributed by atoms with E-state index in [2.05, 4.69) is 13.8 Å². The molecule has 3 atom stereocenters. The molecule has 2 heteroatoms. The zero-order valence-electron chi connectivity index (χ0n) is 8.88. The van der Waals surface area contributed by atoms with E-state index in [1.807, 2.05) is 0 Å². The maximum Gasteiger partial charge on any atom is 0.132 e. The largest absolute Gasteiger partial charge is 0.375 e. The molecule has 0 N–H and O–H groups in total. The molecule has 0 saturated carbocycles. The van der Waals surface area contributed by atoms with Crippen LogP contribution in [0, 0.1) is 5.92 Å². The smallest absolute Gasteiger partial charge is 0.132 e. The van der Waals surface area contributed by atoms with Crippen LogP contribution in [-0.4, -0.2) is 18.0 Å². The molecular weight excluding hydrogens is 164 g/mol. The molecule has 0 amide bonds. The minimum Gasteiger partial charge on any atom is -0.375 e. The summed E-state index contributed by atoms with van der Waals surface area (Å²) in [6.07, 6.45) is 4.89. The van der Waals surface area contributed by atoms with Gasteiger partial charge in [0.15, 0.2) is 0 Å². The van der Waals surface area contributed by atoms with Gasteiger partial charge < -0.3 is 4.74 Å². The Kier molecular flexibility index (Phi) is 3.91. The van der Waals surface area contributed by atoms with E-state index in [4.69, 9.17) is 4.74 Å². The molecular formula is C11H20O2. The Morgan fingerprint density at radius 2 is 2.23 bits per heavy atom. The van der Waals surface area contributed by atoms with Crippen molar-refractivity contribution < 1.29 is 9.53 Å². The number of rotatable bonds is 4. The van der Waals surface area contributed by atoms with Gasteiger partial charge in [0.25, 0.3) is 0 Å². The van der Waals surface area contributed by atoms with Gasteiger partial charge >= 0.3 is 0 Å². The van der Waals surface area contributed by atoms with Crippen LogP contribution in [0.15, 0.2) is 0 Å². The number of hydrogen-bond acceptors (Lipinski definition) is 2. The van der Waals surface area contributed by atoms with E-state index in [-0.39, 0.29) is 5.92 Å². The molecule has 3 unspecified atom stereocenters. The van der Waals surface area contributed by atoms with E-state index in [1.54, 1.807) is 6.92 Å². The lowest BCUT2D eigenvalue weighted by Crippen LogP contribution is -2.18. The molecule has 1 rings (SSSR count). The summed E-state index contributed by atoms with van der Waals surface area (Å²) in [5.74, 6) is 0.529. The van der Waals surface area contributed by atoms with Gasteiger partial charge in [-0.25, -0.2) is 0 Å². The van der Waals surface area contributed by atoms with Gasteiger partial charge in [-0.05, 0) is 39.5 Å². The molecule has 0 aromatic heterocycles. The normalized spacial score (nSPS) is 30.4. The Bertz CT molecular complexity index is 177. The summed E-state index contributed by atoms with van der Waals surface area (Å²) >= 11 is 0. The van der Waals surface area contributed by atoms with Crippen molar-refractivity contribution in [2.24, 2.45) is 5.92 Å². The van der Waals surface area contributed by atoms with E-state index in [1.165, 1.54) is 0 Å². The number of carbonyl (C=O) groups excluding carboxylic acids is 1. The Morgan fingerprint density at radius 1 is 1.54 bits per heavy atom. The van der Waals surface area contributed by atoms with Gasteiger partial charge in [0, 0.05) is 5.92 Å². The fourth-order valence-electron chi connectivity index (χ4n) is 2.00. The summed E-state index contributed by atoms with van der Waals surface area (Å²) in [4.78, 5) is 11.2. The van der Waals surface area contributed by atoms with E-state index < -0.39 is 0 Å². The summed E-state index contributed by atoms with van der Waals surface area (Å²) in [5, 5.41) is 0. The topological polar surface area (TPSA) is 26.3 Å². The quantitative estimate of drug-likeness (QED) is 0.671.